The number of aromatic nitrogens is 2. The van der Waals surface area contributed by atoms with E-state index in [0.29, 0.717) is 23.3 Å². The first-order valence-corrected chi connectivity index (χ1v) is 9.60. The van der Waals surface area contributed by atoms with E-state index in [2.05, 4.69) is 12.0 Å². The molecule has 0 N–H and O–H groups in total. The number of rotatable bonds is 6. The molecule has 1 heterocycles. The van der Waals surface area contributed by atoms with Gasteiger partial charge in [-0.2, -0.15) is 9.78 Å². The van der Waals surface area contributed by atoms with E-state index >= 15 is 0 Å². The Morgan fingerprint density at radius 1 is 1.00 bits per heavy atom. The Balaban J connectivity index is 1.81. The molecule has 0 aliphatic heterocycles. The summed E-state index contributed by atoms with van der Waals surface area (Å²) >= 11 is 0. The van der Waals surface area contributed by atoms with E-state index in [1.807, 2.05) is 72.8 Å². The minimum atomic E-state index is -0.205. The summed E-state index contributed by atoms with van der Waals surface area (Å²) in [6, 6.07) is 24.6. The van der Waals surface area contributed by atoms with Crippen molar-refractivity contribution in [1.82, 2.24) is 9.66 Å². The van der Waals surface area contributed by atoms with E-state index in [1.54, 1.807) is 12.3 Å². The normalized spacial score (nSPS) is 11.2. The van der Waals surface area contributed by atoms with Crippen molar-refractivity contribution in [3.8, 4) is 17.1 Å². The standard InChI is InChI=1S/C24H21N3O2/c1-2-15-29-20-12-8-9-18(16-20)17-25-27-23(19-10-4-3-5-11-19)26-22-14-7-6-13-21(22)24(27)28/h3-14,16-17H,2,15H2,1H3/b25-17-. The van der Waals surface area contributed by atoms with E-state index in [0.717, 1.165) is 23.3 Å². The molecule has 1 aromatic heterocycles. The van der Waals surface area contributed by atoms with Crippen LogP contribution in [0.3, 0.4) is 0 Å². The van der Waals surface area contributed by atoms with Crippen molar-refractivity contribution in [2.24, 2.45) is 5.10 Å². The van der Waals surface area contributed by atoms with Gasteiger partial charge in [0.05, 0.1) is 23.7 Å². The summed E-state index contributed by atoms with van der Waals surface area (Å²) in [6.45, 7) is 2.72. The van der Waals surface area contributed by atoms with E-state index in [1.165, 1.54) is 4.68 Å². The first-order chi connectivity index (χ1) is 14.3. The van der Waals surface area contributed by atoms with Gasteiger partial charge in [-0.15, -0.1) is 0 Å². The average molecular weight is 383 g/mol. The minimum absolute atomic E-state index is 0.205. The number of benzene rings is 3. The van der Waals surface area contributed by atoms with Crippen LogP contribution in [0, 0.1) is 0 Å². The number of para-hydroxylation sites is 1. The third-order valence-electron chi connectivity index (χ3n) is 4.44. The summed E-state index contributed by atoms with van der Waals surface area (Å²) in [5.41, 5.74) is 2.12. The fourth-order valence-corrected chi connectivity index (χ4v) is 3.03. The molecule has 4 aromatic rings. The SMILES string of the molecule is CCCOc1cccc(/C=N\n2c(-c3ccccc3)nc3ccccc3c2=O)c1. The molecule has 0 aliphatic carbocycles. The van der Waals surface area contributed by atoms with Gasteiger partial charge in [0.15, 0.2) is 5.82 Å². The van der Waals surface area contributed by atoms with Crippen molar-refractivity contribution in [3.05, 3.63) is 94.8 Å². The van der Waals surface area contributed by atoms with Gasteiger partial charge >= 0.3 is 0 Å². The van der Waals surface area contributed by atoms with Crippen LogP contribution >= 0.6 is 0 Å². The van der Waals surface area contributed by atoms with Crippen LogP contribution in [0.1, 0.15) is 18.9 Å². The molecule has 0 radical (unpaired) electrons. The highest BCUT2D eigenvalue weighted by molar-refractivity contribution is 5.82. The molecule has 0 atom stereocenters. The van der Waals surface area contributed by atoms with Gasteiger partial charge in [0, 0.05) is 5.56 Å². The maximum absolute atomic E-state index is 13.1. The Morgan fingerprint density at radius 3 is 2.62 bits per heavy atom. The second-order valence-electron chi connectivity index (χ2n) is 6.60. The van der Waals surface area contributed by atoms with Crippen LogP contribution in [0.15, 0.2) is 88.8 Å². The molecule has 0 saturated heterocycles. The van der Waals surface area contributed by atoms with E-state index in [4.69, 9.17) is 9.72 Å². The molecular formula is C24H21N3O2. The van der Waals surface area contributed by atoms with Gasteiger partial charge in [0.25, 0.3) is 5.56 Å². The maximum atomic E-state index is 13.1. The average Bonchev–Trinajstić information content (AvgIpc) is 2.78. The fourth-order valence-electron chi connectivity index (χ4n) is 3.03. The highest BCUT2D eigenvalue weighted by Gasteiger charge is 2.11. The Bertz CT molecular complexity index is 1210. The number of hydrogen-bond donors (Lipinski definition) is 0. The van der Waals surface area contributed by atoms with Gasteiger partial charge in [0.1, 0.15) is 5.75 Å². The Labute approximate surface area is 168 Å². The van der Waals surface area contributed by atoms with Crippen molar-refractivity contribution in [2.75, 3.05) is 6.61 Å². The molecule has 0 aliphatic rings. The van der Waals surface area contributed by atoms with Crippen LogP contribution in [0.4, 0.5) is 0 Å². The lowest BCUT2D eigenvalue weighted by atomic mass is 10.2. The van der Waals surface area contributed by atoms with E-state index < -0.39 is 0 Å². The van der Waals surface area contributed by atoms with Gasteiger partial charge in [-0.1, -0.05) is 61.5 Å². The van der Waals surface area contributed by atoms with Crippen molar-refractivity contribution in [1.29, 1.82) is 0 Å². The Kier molecular flexibility index (Phi) is 5.47. The first-order valence-electron chi connectivity index (χ1n) is 9.60. The smallest absolute Gasteiger partial charge is 0.282 e. The van der Waals surface area contributed by atoms with Crippen molar-refractivity contribution in [2.45, 2.75) is 13.3 Å². The molecule has 144 valence electrons. The van der Waals surface area contributed by atoms with Crippen LogP contribution in [-0.4, -0.2) is 22.5 Å². The van der Waals surface area contributed by atoms with Gasteiger partial charge < -0.3 is 4.74 Å². The fraction of sp³-hybridized carbons (Fsp3) is 0.125. The summed E-state index contributed by atoms with van der Waals surface area (Å²) in [5, 5.41) is 5.02. The summed E-state index contributed by atoms with van der Waals surface area (Å²) < 4.78 is 7.04. The van der Waals surface area contributed by atoms with Gasteiger partial charge in [-0.3, -0.25) is 4.79 Å². The lowest BCUT2D eigenvalue weighted by molar-refractivity contribution is 0.317. The number of fused-ring (bicyclic) bond motifs is 1. The second-order valence-corrected chi connectivity index (χ2v) is 6.60. The van der Waals surface area contributed by atoms with Gasteiger partial charge in [0.2, 0.25) is 0 Å². The molecule has 0 amide bonds. The van der Waals surface area contributed by atoms with Gasteiger partial charge in [-0.05, 0) is 36.2 Å². The zero-order valence-corrected chi connectivity index (χ0v) is 16.2. The van der Waals surface area contributed by atoms with Crippen molar-refractivity contribution >= 4 is 17.1 Å². The summed E-state index contributed by atoms with van der Waals surface area (Å²) in [5.74, 6) is 1.28. The highest BCUT2D eigenvalue weighted by Crippen LogP contribution is 2.19. The monoisotopic (exact) mass is 383 g/mol. The van der Waals surface area contributed by atoms with Crippen molar-refractivity contribution in [3.63, 3.8) is 0 Å². The quantitative estimate of drug-likeness (QED) is 0.452. The largest absolute Gasteiger partial charge is 0.494 e. The Hall–Kier alpha value is -3.73. The molecular weight excluding hydrogens is 362 g/mol. The molecule has 0 spiro atoms. The molecule has 0 saturated carbocycles. The summed E-state index contributed by atoms with van der Waals surface area (Å²) in [6.07, 6.45) is 2.60. The zero-order chi connectivity index (χ0) is 20.1. The van der Waals surface area contributed by atoms with E-state index in [9.17, 15) is 4.79 Å². The predicted octanol–water partition coefficient (Wildman–Crippen LogP) is 4.73. The third kappa shape index (κ3) is 4.09. The summed E-state index contributed by atoms with van der Waals surface area (Å²) in [7, 11) is 0. The molecule has 5 heteroatoms. The number of nitrogens with zero attached hydrogens (tertiary/aromatic N) is 3. The molecule has 0 fully saturated rings. The highest BCUT2D eigenvalue weighted by atomic mass is 16.5. The topological polar surface area (TPSA) is 56.5 Å². The molecule has 4 rings (SSSR count). The molecule has 3 aromatic carbocycles. The van der Waals surface area contributed by atoms with Crippen LogP contribution in [0.5, 0.6) is 5.75 Å². The molecule has 0 bridgehead atoms. The van der Waals surface area contributed by atoms with Crippen molar-refractivity contribution < 1.29 is 4.74 Å². The van der Waals surface area contributed by atoms with Crippen LogP contribution in [-0.2, 0) is 0 Å². The van der Waals surface area contributed by atoms with Crippen LogP contribution < -0.4 is 10.3 Å². The minimum Gasteiger partial charge on any atom is -0.494 e. The number of hydrogen-bond acceptors (Lipinski definition) is 4. The lowest BCUT2D eigenvalue weighted by Crippen LogP contribution is -2.20. The number of ether oxygens (including phenoxy) is 1. The van der Waals surface area contributed by atoms with Crippen LogP contribution in [0.25, 0.3) is 22.3 Å². The molecule has 5 nitrogen and oxygen atoms in total. The third-order valence-corrected chi connectivity index (χ3v) is 4.44. The Morgan fingerprint density at radius 2 is 1.79 bits per heavy atom. The second kappa shape index (κ2) is 8.52. The zero-order valence-electron chi connectivity index (χ0n) is 16.2. The first kappa shape index (κ1) is 18.6. The lowest BCUT2D eigenvalue weighted by Gasteiger charge is -2.09. The van der Waals surface area contributed by atoms with E-state index in [-0.39, 0.29) is 5.56 Å². The molecule has 0 unspecified atom stereocenters. The maximum Gasteiger partial charge on any atom is 0.282 e. The van der Waals surface area contributed by atoms with Gasteiger partial charge in [-0.25, -0.2) is 4.98 Å². The molecule has 29 heavy (non-hydrogen) atoms. The summed E-state index contributed by atoms with van der Waals surface area (Å²) in [4.78, 5) is 17.8. The van der Waals surface area contributed by atoms with Crippen LogP contribution in [0.2, 0.25) is 0 Å². The predicted molar refractivity (Wildman–Crippen MR) is 117 cm³/mol.